The zero-order valence-corrected chi connectivity index (χ0v) is 21.5. The van der Waals surface area contributed by atoms with E-state index < -0.39 is 0 Å². The Bertz CT molecular complexity index is 614. The van der Waals surface area contributed by atoms with Crippen LogP contribution < -0.4 is 5.32 Å². The summed E-state index contributed by atoms with van der Waals surface area (Å²) in [6.07, 6.45) is 18.3. The molecule has 5 aliphatic rings. The van der Waals surface area contributed by atoms with E-state index in [1.165, 1.54) is 45.1 Å². The molecule has 1 N–H and O–H groups in total. The summed E-state index contributed by atoms with van der Waals surface area (Å²) < 4.78 is 0. The van der Waals surface area contributed by atoms with Gasteiger partial charge < -0.3 is 5.32 Å². The first kappa shape index (κ1) is 22.7. The Kier molecular flexibility index (Phi) is 6.57. The van der Waals surface area contributed by atoms with Crippen LogP contribution in [0.25, 0.3) is 0 Å². The van der Waals surface area contributed by atoms with E-state index in [1.54, 1.807) is 38.5 Å². The SMILES string of the molecule is CCCC1CC(CC)C2C(C1CNC)C(CCC)C1C(CCC)C3C4CCC3C12CC4. The van der Waals surface area contributed by atoms with Crippen LogP contribution in [0.1, 0.15) is 105 Å². The minimum Gasteiger partial charge on any atom is -0.319 e. The summed E-state index contributed by atoms with van der Waals surface area (Å²) in [7, 11) is 2.24. The molecule has 12 atom stereocenters. The summed E-state index contributed by atoms with van der Waals surface area (Å²) >= 11 is 0. The van der Waals surface area contributed by atoms with E-state index >= 15 is 0 Å². The van der Waals surface area contributed by atoms with E-state index in [0.717, 1.165) is 70.5 Å². The van der Waals surface area contributed by atoms with Crippen molar-refractivity contribution in [1.29, 1.82) is 0 Å². The lowest BCUT2D eigenvalue weighted by molar-refractivity contribution is -0.0554. The minimum atomic E-state index is 0.756. The van der Waals surface area contributed by atoms with Crippen molar-refractivity contribution in [2.75, 3.05) is 13.6 Å². The van der Waals surface area contributed by atoms with Crippen LogP contribution >= 0.6 is 0 Å². The van der Waals surface area contributed by atoms with Crippen molar-refractivity contribution in [2.45, 2.75) is 105 Å². The van der Waals surface area contributed by atoms with E-state index in [9.17, 15) is 0 Å². The average Bonchev–Trinajstić information content (AvgIpc) is 3.29. The lowest BCUT2D eigenvalue weighted by Gasteiger charge is -2.54. The largest absolute Gasteiger partial charge is 0.319 e. The fourth-order valence-electron chi connectivity index (χ4n) is 12.0. The molecule has 4 bridgehead atoms. The molecule has 12 unspecified atom stereocenters. The number of rotatable bonds is 9. The van der Waals surface area contributed by atoms with Gasteiger partial charge in [0.1, 0.15) is 0 Å². The monoisotopic (exact) mass is 427 g/mol. The zero-order chi connectivity index (χ0) is 21.8. The summed E-state index contributed by atoms with van der Waals surface area (Å²) in [6, 6.07) is 0. The molecule has 0 aromatic rings. The fourth-order valence-corrected chi connectivity index (χ4v) is 12.0. The molecule has 5 fully saturated rings. The first-order valence-corrected chi connectivity index (χ1v) is 14.8. The Labute approximate surface area is 194 Å². The smallest absolute Gasteiger partial charge is 0.00180 e. The van der Waals surface area contributed by atoms with Gasteiger partial charge in [0, 0.05) is 0 Å². The van der Waals surface area contributed by atoms with Crippen LogP contribution in [0, 0.1) is 70.5 Å². The van der Waals surface area contributed by atoms with Crippen molar-refractivity contribution in [1.82, 2.24) is 5.32 Å². The average molecular weight is 428 g/mol. The standard InChI is InChI=1S/C30H53N/c1-6-10-21-17-19(9-4)28-27(24(21)18-31-5)23(12-8-3)29-22(11-7-2)26-20-13-14-25(26)30(28,29)16-15-20/h19-29,31H,6-18H2,1-5H3. The summed E-state index contributed by atoms with van der Waals surface area (Å²) in [5.41, 5.74) is 0.756. The first-order chi connectivity index (χ1) is 15.2. The Morgan fingerprint density at radius 1 is 0.742 bits per heavy atom. The molecule has 0 radical (unpaired) electrons. The van der Waals surface area contributed by atoms with Crippen LogP contribution in [0.4, 0.5) is 0 Å². The van der Waals surface area contributed by atoms with Crippen LogP contribution in [0.15, 0.2) is 0 Å². The van der Waals surface area contributed by atoms with Crippen molar-refractivity contribution >= 4 is 0 Å². The Hall–Kier alpha value is -0.0400. The van der Waals surface area contributed by atoms with Gasteiger partial charge in [-0.15, -0.1) is 0 Å². The van der Waals surface area contributed by atoms with Gasteiger partial charge in [-0.25, -0.2) is 0 Å². The molecule has 178 valence electrons. The van der Waals surface area contributed by atoms with Gasteiger partial charge >= 0.3 is 0 Å². The molecule has 0 saturated heterocycles. The van der Waals surface area contributed by atoms with Crippen molar-refractivity contribution in [3.63, 3.8) is 0 Å². The van der Waals surface area contributed by atoms with Gasteiger partial charge in [-0.2, -0.15) is 0 Å². The number of hydrogen-bond acceptors (Lipinski definition) is 1. The van der Waals surface area contributed by atoms with Gasteiger partial charge in [-0.3, -0.25) is 0 Å². The highest BCUT2D eigenvalue weighted by atomic mass is 14.9. The molecule has 0 heterocycles. The van der Waals surface area contributed by atoms with Crippen molar-refractivity contribution < 1.29 is 0 Å². The first-order valence-electron chi connectivity index (χ1n) is 14.8. The lowest BCUT2D eigenvalue weighted by atomic mass is 9.51. The Morgan fingerprint density at radius 2 is 1.45 bits per heavy atom. The normalized spacial score (nSPS) is 52.4. The fraction of sp³-hybridized carbons (Fsp3) is 1.00. The van der Waals surface area contributed by atoms with Crippen LogP contribution in [0.5, 0.6) is 0 Å². The van der Waals surface area contributed by atoms with E-state index in [0.29, 0.717) is 0 Å². The van der Waals surface area contributed by atoms with E-state index in [1.807, 2.05) is 0 Å². The van der Waals surface area contributed by atoms with E-state index in [-0.39, 0.29) is 0 Å². The maximum atomic E-state index is 3.72. The molecule has 5 rings (SSSR count). The highest BCUT2D eigenvalue weighted by Gasteiger charge is 2.75. The predicted molar refractivity (Wildman–Crippen MR) is 133 cm³/mol. The third-order valence-electron chi connectivity index (χ3n) is 12.1. The number of nitrogens with one attached hydrogen (secondary N) is 1. The summed E-state index contributed by atoms with van der Waals surface area (Å²) in [5.74, 6) is 11.7. The topological polar surface area (TPSA) is 12.0 Å². The summed E-state index contributed by atoms with van der Waals surface area (Å²) in [5, 5.41) is 3.72. The van der Waals surface area contributed by atoms with E-state index in [2.05, 4.69) is 40.1 Å². The predicted octanol–water partition coefficient (Wildman–Crippen LogP) is 7.80. The van der Waals surface area contributed by atoms with Crippen LogP contribution in [0.3, 0.4) is 0 Å². The Morgan fingerprint density at radius 3 is 2.10 bits per heavy atom. The molecule has 1 spiro atoms. The molecule has 0 aliphatic heterocycles. The maximum Gasteiger partial charge on any atom is -0.00180 e. The van der Waals surface area contributed by atoms with Gasteiger partial charge in [0.25, 0.3) is 0 Å². The molecular formula is C30H53N. The molecule has 0 amide bonds. The molecular weight excluding hydrogens is 374 g/mol. The van der Waals surface area contributed by atoms with E-state index in [4.69, 9.17) is 0 Å². The van der Waals surface area contributed by atoms with Crippen LogP contribution in [-0.2, 0) is 0 Å². The molecule has 0 aromatic carbocycles. The third kappa shape index (κ3) is 3.10. The minimum absolute atomic E-state index is 0.756. The second-order valence-electron chi connectivity index (χ2n) is 12.9. The summed E-state index contributed by atoms with van der Waals surface area (Å²) in [6.45, 7) is 11.3. The highest BCUT2D eigenvalue weighted by Crippen LogP contribution is 2.81. The highest BCUT2D eigenvalue weighted by molar-refractivity contribution is 5.23. The van der Waals surface area contributed by atoms with Gasteiger partial charge in [0.15, 0.2) is 0 Å². The quantitative estimate of drug-likeness (QED) is 0.396. The van der Waals surface area contributed by atoms with Crippen LogP contribution in [0.2, 0.25) is 0 Å². The molecule has 1 nitrogen and oxygen atoms in total. The van der Waals surface area contributed by atoms with Crippen LogP contribution in [-0.4, -0.2) is 13.6 Å². The van der Waals surface area contributed by atoms with Gasteiger partial charge in [-0.1, -0.05) is 72.6 Å². The maximum absolute atomic E-state index is 3.72. The number of fused-ring (bicyclic) bond motifs is 1. The summed E-state index contributed by atoms with van der Waals surface area (Å²) in [4.78, 5) is 0. The van der Waals surface area contributed by atoms with Crippen molar-refractivity contribution in [3.8, 4) is 0 Å². The zero-order valence-electron chi connectivity index (χ0n) is 21.5. The van der Waals surface area contributed by atoms with Gasteiger partial charge in [-0.05, 0) is 116 Å². The van der Waals surface area contributed by atoms with Crippen molar-refractivity contribution in [3.05, 3.63) is 0 Å². The molecule has 0 aromatic heterocycles. The lowest BCUT2D eigenvalue weighted by Crippen LogP contribution is -2.50. The molecule has 5 aliphatic carbocycles. The second-order valence-corrected chi connectivity index (χ2v) is 12.9. The molecule has 31 heavy (non-hydrogen) atoms. The number of hydrogen-bond donors (Lipinski definition) is 1. The Balaban J connectivity index is 1.63. The van der Waals surface area contributed by atoms with Gasteiger partial charge in [0.2, 0.25) is 0 Å². The molecule has 1 heteroatoms. The second kappa shape index (κ2) is 8.96. The molecule has 5 saturated carbocycles. The van der Waals surface area contributed by atoms with Crippen molar-refractivity contribution in [2.24, 2.45) is 70.5 Å². The van der Waals surface area contributed by atoms with Gasteiger partial charge in [0.05, 0.1) is 0 Å². The third-order valence-corrected chi connectivity index (χ3v) is 12.1.